The van der Waals surface area contributed by atoms with Crippen molar-refractivity contribution in [1.82, 2.24) is 10.5 Å². The van der Waals surface area contributed by atoms with E-state index in [1.54, 1.807) is 11.3 Å². The molecule has 1 unspecified atom stereocenters. The lowest BCUT2D eigenvalue weighted by Gasteiger charge is -2.14. The smallest absolute Gasteiger partial charge is 0.307 e. The van der Waals surface area contributed by atoms with E-state index >= 15 is 0 Å². The molecule has 0 saturated carbocycles. The van der Waals surface area contributed by atoms with E-state index in [0.717, 1.165) is 39.6 Å². The molecule has 35 heavy (non-hydrogen) atoms. The highest BCUT2D eigenvalue weighted by molar-refractivity contribution is 7.18. The number of hydrogen-bond donors (Lipinski definition) is 1. The third kappa shape index (κ3) is 5.91. The van der Waals surface area contributed by atoms with Crippen molar-refractivity contribution < 1.29 is 19.1 Å². The molecule has 0 bridgehead atoms. The lowest BCUT2D eigenvalue weighted by molar-refractivity contribution is -0.142. The highest BCUT2D eigenvalue weighted by Gasteiger charge is 2.26. The second-order valence-electron chi connectivity index (χ2n) is 8.54. The standard InChI is InChI=1S/C28H30N2O4S/c1-5-7-19-16-20(10-13-25(19)34-18(2)3)28-29-17-26(35-28)23-9-6-8-22-21(23)11-12-24(22)30-33-15-14-27(31)32-4/h6,8-10,13,16-18,24,30H,11-12,14-15H2,1-4H3. The highest BCUT2D eigenvalue weighted by Crippen LogP contribution is 2.41. The van der Waals surface area contributed by atoms with Gasteiger partial charge in [0.05, 0.1) is 42.7 Å². The first-order valence-electron chi connectivity index (χ1n) is 11.8. The number of nitrogens with one attached hydrogen (secondary N) is 1. The van der Waals surface area contributed by atoms with Crippen LogP contribution in [-0.4, -0.2) is 30.8 Å². The molecule has 3 aromatic rings. The number of carbonyl (C=O) groups excluding carboxylic acids is 1. The van der Waals surface area contributed by atoms with Gasteiger partial charge in [0.2, 0.25) is 0 Å². The quantitative estimate of drug-likeness (QED) is 0.179. The van der Waals surface area contributed by atoms with Gasteiger partial charge in [-0.3, -0.25) is 4.79 Å². The average molecular weight is 491 g/mol. The van der Waals surface area contributed by atoms with Crippen molar-refractivity contribution in [2.75, 3.05) is 13.7 Å². The lowest BCUT2D eigenvalue weighted by atomic mass is 10.0. The summed E-state index contributed by atoms with van der Waals surface area (Å²) in [6.07, 6.45) is 4.15. The minimum Gasteiger partial charge on any atom is -0.490 e. The molecule has 0 aliphatic heterocycles. The molecular formula is C28H30N2O4S. The molecule has 2 aromatic carbocycles. The van der Waals surface area contributed by atoms with Gasteiger partial charge in [0.15, 0.2) is 0 Å². The van der Waals surface area contributed by atoms with Crippen LogP contribution in [0.5, 0.6) is 5.75 Å². The fraction of sp³-hybridized carbons (Fsp3) is 0.357. The number of aromatic nitrogens is 1. The number of thiazole rings is 1. The summed E-state index contributed by atoms with van der Waals surface area (Å²) in [6, 6.07) is 12.5. The van der Waals surface area contributed by atoms with Crippen LogP contribution in [0.25, 0.3) is 21.0 Å². The number of esters is 1. The number of methoxy groups -OCH3 is 1. The number of fused-ring (bicyclic) bond motifs is 1. The Balaban J connectivity index is 1.53. The van der Waals surface area contributed by atoms with Gasteiger partial charge in [0, 0.05) is 11.8 Å². The van der Waals surface area contributed by atoms with Crippen LogP contribution in [0.4, 0.5) is 0 Å². The third-order valence-corrected chi connectivity index (χ3v) is 6.83. The second-order valence-corrected chi connectivity index (χ2v) is 9.57. The fourth-order valence-electron chi connectivity index (χ4n) is 4.19. The number of hydroxylamine groups is 1. The second kappa shape index (κ2) is 11.5. The van der Waals surface area contributed by atoms with Crippen LogP contribution in [-0.2, 0) is 20.8 Å². The summed E-state index contributed by atoms with van der Waals surface area (Å²) < 4.78 is 10.6. The Kier molecular flexibility index (Phi) is 8.19. The summed E-state index contributed by atoms with van der Waals surface area (Å²) in [7, 11) is 1.38. The van der Waals surface area contributed by atoms with Gasteiger partial charge >= 0.3 is 5.97 Å². The topological polar surface area (TPSA) is 69.7 Å². The maximum absolute atomic E-state index is 11.3. The number of ether oxygens (including phenoxy) is 2. The molecule has 0 spiro atoms. The average Bonchev–Trinajstić information content (AvgIpc) is 3.50. The molecule has 4 rings (SSSR count). The van der Waals surface area contributed by atoms with Crippen molar-refractivity contribution in [3.63, 3.8) is 0 Å². The molecule has 1 heterocycles. The van der Waals surface area contributed by atoms with Gasteiger partial charge in [-0.2, -0.15) is 5.48 Å². The first-order valence-corrected chi connectivity index (χ1v) is 12.6. The maximum atomic E-state index is 11.3. The molecule has 0 amide bonds. The van der Waals surface area contributed by atoms with E-state index in [1.807, 2.05) is 39.1 Å². The molecule has 182 valence electrons. The van der Waals surface area contributed by atoms with Gasteiger partial charge in [-0.05, 0) is 68.5 Å². The zero-order valence-electron chi connectivity index (χ0n) is 20.5. The minimum absolute atomic E-state index is 0.0847. The van der Waals surface area contributed by atoms with Gasteiger partial charge in [-0.15, -0.1) is 17.3 Å². The molecule has 1 aliphatic rings. The number of hydrogen-bond acceptors (Lipinski definition) is 7. The van der Waals surface area contributed by atoms with Crippen LogP contribution in [0.3, 0.4) is 0 Å². The maximum Gasteiger partial charge on any atom is 0.307 e. The third-order valence-electron chi connectivity index (χ3n) is 5.75. The molecule has 1 atom stereocenters. The van der Waals surface area contributed by atoms with Crippen LogP contribution in [0, 0.1) is 11.8 Å². The first-order chi connectivity index (χ1) is 17.0. The van der Waals surface area contributed by atoms with E-state index in [4.69, 9.17) is 14.6 Å². The van der Waals surface area contributed by atoms with Gasteiger partial charge in [-0.1, -0.05) is 24.1 Å². The number of rotatable bonds is 9. The van der Waals surface area contributed by atoms with Crippen molar-refractivity contribution in [3.05, 3.63) is 59.3 Å². The predicted octanol–water partition coefficient (Wildman–Crippen LogP) is 5.71. The Morgan fingerprint density at radius 3 is 2.91 bits per heavy atom. The highest BCUT2D eigenvalue weighted by atomic mass is 32.1. The zero-order valence-corrected chi connectivity index (χ0v) is 21.3. The van der Waals surface area contributed by atoms with Gasteiger partial charge in [0.25, 0.3) is 0 Å². The minimum atomic E-state index is -0.280. The molecule has 7 heteroatoms. The molecule has 1 aliphatic carbocycles. The Morgan fingerprint density at radius 1 is 1.29 bits per heavy atom. The summed E-state index contributed by atoms with van der Waals surface area (Å²) in [5, 5.41) is 0.951. The van der Waals surface area contributed by atoms with E-state index in [-0.39, 0.29) is 31.1 Å². The van der Waals surface area contributed by atoms with Crippen LogP contribution in [0.15, 0.2) is 42.6 Å². The van der Waals surface area contributed by atoms with E-state index < -0.39 is 0 Å². The molecule has 0 fully saturated rings. The number of nitrogens with zero attached hydrogens (tertiary/aromatic N) is 1. The number of benzene rings is 2. The van der Waals surface area contributed by atoms with Crippen LogP contribution in [0.1, 0.15) is 56.3 Å². The van der Waals surface area contributed by atoms with Crippen LogP contribution in [0.2, 0.25) is 0 Å². The normalized spacial score (nSPS) is 14.4. The Morgan fingerprint density at radius 2 is 2.14 bits per heavy atom. The van der Waals surface area contributed by atoms with E-state index in [2.05, 4.69) is 46.3 Å². The SMILES string of the molecule is CC#Cc1cc(-c2ncc(-c3cccc4c3CCC4NOCCC(=O)OC)s2)ccc1OC(C)C. The summed E-state index contributed by atoms with van der Waals surface area (Å²) in [6.45, 7) is 6.13. The van der Waals surface area contributed by atoms with Crippen molar-refractivity contribution in [1.29, 1.82) is 0 Å². The molecule has 1 N–H and O–H groups in total. The van der Waals surface area contributed by atoms with Gasteiger partial charge in [0.1, 0.15) is 10.8 Å². The molecule has 0 saturated heterocycles. The fourth-order valence-corrected chi connectivity index (χ4v) is 5.15. The van der Waals surface area contributed by atoms with Crippen LogP contribution < -0.4 is 10.2 Å². The van der Waals surface area contributed by atoms with E-state index in [9.17, 15) is 4.79 Å². The molecular weight excluding hydrogens is 460 g/mol. The lowest BCUT2D eigenvalue weighted by Crippen LogP contribution is -2.21. The molecule has 6 nitrogen and oxygen atoms in total. The summed E-state index contributed by atoms with van der Waals surface area (Å²) in [5.74, 6) is 6.65. The van der Waals surface area contributed by atoms with Crippen molar-refractivity contribution in [2.24, 2.45) is 0 Å². The Hall–Kier alpha value is -3.18. The van der Waals surface area contributed by atoms with Crippen molar-refractivity contribution in [3.8, 4) is 38.6 Å². The molecule has 1 aromatic heterocycles. The number of carbonyl (C=O) groups is 1. The monoisotopic (exact) mass is 490 g/mol. The predicted molar refractivity (Wildman–Crippen MR) is 138 cm³/mol. The first kappa shape index (κ1) is 24.9. The van der Waals surface area contributed by atoms with Gasteiger partial charge in [-0.25, -0.2) is 4.98 Å². The zero-order chi connectivity index (χ0) is 24.8. The largest absolute Gasteiger partial charge is 0.490 e. The Labute approximate surface area is 210 Å². The van der Waals surface area contributed by atoms with Crippen molar-refractivity contribution in [2.45, 2.75) is 52.2 Å². The Bertz CT molecular complexity index is 1260. The van der Waals surface area contributed by atoms with Crippen LogP contribution >= 0.6 is 11.3 Å². The summed E-state index contributed by atoms with van der Waals surface area (Å²) in [4.78, 5) is 22.7. The van der Waals surface area contributed by atoms with Crippen molar-refractivity contribution >= 4 is 17.3 Å². The van der Waals surface area contributed by atoms with E-state index in [1.165, 1.54) is 23.8 Å². The summed E-state index contributed by atoms with van der Waals surface area (Å²) in [5.41, 5.74) is 8.77. The molecule has 0 radical (unpaired) electrons. The summed E-state index contributed by atoms with van der Waals surface area (Å²) >= 11 is 1.68. The van der Waals surface area contributed by atoms with Gasteiger partial charge < -0.3 is 14.3 Å². The van der Waals surface area contributed by atoms with E-state index in [0.29, 0.717) is 0 Å².